The number of nitrogens with two attached hydrogens (primary N) is 1. The lowest BCUT2D eigenvalue weighted by atomic mass is 9.96. The summed E-state index contributed by atoms with van der Waals surface area (Å²) in [6.07, 6.45) is -2.22. The van der Waals surface area contributed by atoms with Crippen LogP contribution in [0.1, 0.15) is 46.0 Å². The van der Waals surface area contributed by atoms with Gasteiger partial charge in [0.15, 0.2) is 11.5 Å². The zero-order valence-electron chi connectivity index (χ0n) is 21.2. The minimum absolute atomic E-state index is 0.00947. The van der Waals surface area contributed by atoms with Crippen LogP contribution >= 0.6 is 23.2 Å². The molecule has 2 amide bonds. The fourth-order valence-electron chi connectivity index (χ4n) is 3.72. The van der Waals surface area contributed by atoms with E-state index in [-0.39, 0.29) is 33.7 Å². The number of carbonyl (C=O) groups is 2. The molecule has 39 heavy (non-hydrogen) atoms. The molecule has 0 saturated heterocycles. The summed E-state index contributed by atoms with van der Waals surface area (Å²) in [5.41, 5.74) is -2.30. The van der Waals surface area contributed by atoms with E-state index in [1.807, 2.05) is 0 Å². The SMILES string of the molecule is Cc1cc(Cl)cc(C(=O)NCC(C)(C)C=S(C)(N)=O)c1NC(=O)c1cc(C(F)(F)F)nn1-c1ncccc1Cl. The summed E-state index contributed by atoms with van der Waals surface area (Å²) in [6.45, 7) is 5.03. The van der Waals surface area contributed by atoms with Crippen molar-refractivity contribution in [3.63, 3.8) is 0 Å². The Morgan fingerprint density at radius 1 is 1.18 bits per heavy atom. The van der Waals surface area contributed by atoms with Crippen LogP contribution in [0.2, 0.25) is 10.0 Å². The molecule has 0 radical (unpaired) electrons. The maximum absolute atomic E-state index is 13.5. The van der Waals surface area contributed by atoms with Crippen molar-refractivity contribution < 1.29 is 27.0 Å². The maximum Gasteiger partial charge on any atom is 0.435 e. The van der Waals surface area contributed by atoms with Crippen molar-refractivity contribution in [2.45, 2.75) is 26.9 Å². The Morgan fingerprint density at radius 3 is 2.44 bits per heavy atom. The second-order valence-electron chi connectivity index (χ2n) is 9.49. The number of pyridine rings is 1. The first kappa shape index (κ1) is 30.4. The van der Waals surface area contributed by atoms with Crippen LogP contribution in [-0.2, 0) is 15.9 Å². The number of carbonyl (C=O) groups excluding carboxylic acids is 2. The van der Waals surface area contributed by atoms with Gasteiger partial charge in [0.1, 0.15) is 5.69 Å². The van der Waals surface area contributed by atoms with Crippen LogP contribution in [0.15, 0.2) is 36.5 Å². The smallest absolute Gasteiger partial charge is 0.351 e. The summed E-state index contributed by atoms with van der Waals surface area (Å²) in [5.74, 6) is -1.85. The van der Waals surface area contributed by atoms with Gasteiger partial charge in [0, 0.05) is 45.2 Å². The van der Waals surface area contributed by atoms with Gasteiger partial charge in [-0.3, -0.25) is 18.9 Å². The zero-order chi connectivity index (χ0) is 29.3. The van der Waals surface area contributed by atoms with Crippen LogP contribution in [0.25, 0.3) is 5.82 Å². The van der Waals surface area contributed by atoms with Gasteiger partial charge in [-0.05, 0) is 42.1 Å². The lowest BCUT2D eigenvalue weighted by Gasteiger charge is -2.22. The molecule has 3 aromatic rings. The third-order valence-electron chi connectivity index (χ3n) is 5.21. The minimum Gasteiger partial charge on any atom is -0.351 e. The monoisotopic (exact) mass is 604 g/mol. The van der Waals surface area contributed by atoms with Gasteiger partial charge in [-0.15, -0.1) is 0 Å². The molecule has 0 aliphatic carbocycles. The van der Waals surface area contributed by atoms with E-state index in [0.717, 1.165) is 0 Å². The van der Waals surface area contributed by atoms with Gasteiger partial charge in [0.2, 0.25) is 0 Å². The molecule has 2 aromatic heterocycles. The number of nitrogens with zero attached hydrogens (tertiary/aromatic N) is 3. The summed E-state index contributed by atoms with van der Waals surface area (Å²) in [7, 11) is -2.71. The molecule has 0 spiro atoms. The highest BCUT2D eigenvalue weighted by atomic mass is 35.5. The summed E-state index contributed by atoms with van der Waals surface area (Å²) in [6, 6.07) is 6.18. The van der Waals surface area contributed by atoms with Crippen LogP contribution in [0.3, 0.4) is 0 Å². The number of nitrogens with one attached hydrogen (secondary N) is 2. The Kier molecular flexibility index (Phi) is 8.70. The van der Waals surface area contributed by atoms with Gasteiger partial charge in [-0.25, -0.2) is 9.67 Å². The highest BCUT2D eigenvalue weighted by molar-refractivity contribution is 7.98. The molecule has 0 aliphatic heterocycles. The fourth-order valence-corrected chi connectivity index (χ4v) is 5.54. The lowest BCUT2D eigenvalue weighted by molar-refractivity contribution is -0.141. The van der Waals surface area contributed by atoms with Crippen molar-refractivity contribution in [2.24, 2.45) is 10.6 Å². The van der Waals surface area contributed by atoms with Crippen molar-refractivity contribution in [1.29, 1.82) is 0 Å². The first-order valence-electron chi connectivity index (χ1n) is 11.2. The quantitative estimate of drug-likeness (QED) is 0.342. The molecule has 4 N–H and O–H groups in total. The molecule has 15 heteroatoms. The molecule has 2 heterocycles. The first-order chi connectivity index (χ1) is 17.9. The van der Waals surface area contributed by atoms with E-state index in [1.54, 1.807) is 20.8 Å². The van der Waals surface area contributed by atoms with Gasteiger partial charge in [-0.1, -0.05) is 37.0 Å². The predicted octanol–water partition coefficient (Wildman–Crippen LogP) is 4.50. The van der Waals surface area contributed by atoms with Crippen LogP contribution in [0.5, 0.6) is 0 Å². The maximum atomic E-state index is 13.5. The van der Waals surface area contributed by atoms with Crippen LogP contribution in [0, 0.1) is 12.3 Å². The van der Waals surface area contributed by atoms with E-state index in [0.29, 0.717) is 16.3 Å². The largest absolute Gasteiger partial charge is 0.435 e. The van der Waals surface area contributed by atoms with Crippen molar-refractivity contribution in [3.8, 4) is 5.82 Å². The van der Waals surface area contributed by atoms with E-state index >= 15 is 0 Å². The molecule has 0 saturated carbocycles. The number of hydrogen-bond acceptors (Lipinski definition) is 5. The van der Waals surface area contributed by atoms with Gasteiger partial charge in [0.25, 0.3) is 11.8 Å². The predicted molar refractivity (Wildman–Crippen MR) is 146 cm³/mol. The summed E-state index contributed by atoms with van der Waals surface area (Å²) in [4.78, 5) is 30.4. The molecule has 0 bridgehead atoms. The highest BCUT2D eigenvalue weighted by Gasteiger charge is 2.37. The van der Waals surface area contributed by atoms with E-state index in [2.05, 4.69) is 20.7 Å². The highest BCUT2D eigenvalue weighted by Crippen LogP contribution is 2.32. The topological polar surface area (TPSA) is 132 Å². The number of alkyl halides is 3. The fraction of sp³-hybridized carbons (Fsp3) is 0.292. The second kappa shape index (κ2) is 11.2. The summed E-state index contributed by atoms with van der Waals surface area (Å²) >= 11 is 12.3. The molecule has 9 nitrogen and oxygen atoms in total. The number of hydrogen-bond donors (Lipinski definition) is 3. The van der Waals surface area contributed by atoms with Crippen LogP contribution < -0.4 is 15.8 Å². The normalized spacial score (nSPS) is 13.5. The molecule has 3 rings (SSSR count). The standard InChI is InChI=1S/C24H25Cl2F3N6O3S/c1-13-8-14(25)9-15(21(36)32-11-23(2,3)12-39(4,30)38)19(13)33-22(37)17-10-18(24(27,28)29)34-35(17)20-16(26)6-5-7-31-20/h5-10,12H,11H2,1-4H3,(H2,30,38)(H,32,36)(H,33,37). The lowest BCUT2D eigenvalue weighted by Crippen LogP contribution is -2.37. The molecular weight excluding hydrogens is 580 g/mol. The third kappa shape index (κ3) is 7.72. The van der Waals surface area contributed by atoms with Crippen LogP contribution in [-0.4, -0.2) is 49.0 Å². The van der Waals surface area contributed by atoms with Gasteiger partial charge in [-0.2, -0.15) is 18.3 Å². The molecular formula is C24H25Cl2F3N6O3S. The summed E-state index contributed by atoms with van der Waals surface area (Å²) < 4.78 is 53.1. The third-order valence-corrected chi connectivity index (χ3v) is 6.83. The van der Waals surface area contributed by atoms with Gasteiger partial charge < -0.3 is 10.6 Å². The molecule has 0 aliphatic rings. The van der Waals surface area contributed by atoms with Crippen molar-refractivity contribution in [3.05, 3.63) is 69.1 Å². The Balaban J connectivity index is 2.01. The molecule has 210 valence electrons. The summed E-state index contributed by atoms with van der Waals surface area (Å²) in [5, 5.41) is 15.9. The van der Waals surface area contributed by atoms with Crippen molar-refractivity contribution in [1.82, 2.24) is 20.1 Å². The van der Waals surface area contributed by atoms with Crippen molar-refractivity contribution >= 4 is 55.8 Å². The Hall–Kier alpha value is -3.13. The Morgan fingerprint density at radius 2 is 1.85 bits per heavy atom. The Bertz CT molecular complexity index is 1550. The number of benzene rings is 1. The first-order valence-corrected chi connectivity index (χ1v) is 14.0. The zero-order valence-corrected chi connectivity index (χ0v) is 23.5. The van der Waals surface area contributed by atoms with Gasteiger partial charge in [0.05, 0.1) is 16.3 Å². The van der Waals surface area contributed by atoms with E-state index in [4.69, 9.17) is 28.3 Å². The molecule has 1 atom stereocenters. The second-order valence-corrected chi connectivity index (χ2v) is 12.5. The Labute approximate surface area is 233 Å². The van der Waals surface area contributed by atoms with E-state index in [9.17, 15) is 27.0 Å². The number of halogens is 5. The molecule has 1 unspecified atom stereocenters. The average molecular weight is 605 g/mol. The number of aryl methyl sites for hydroxylation is 1. The number of amides is 2. The average Bonchev–Trinajstić information content (AvgIpc) is 3.24. The van der Waals surface area contributed by atoms with Crippen molar-refractivity contribution in [2.75, 3.05) is 18.1 Å². The number of aromatic nitrogens is 3. The number of rotatable bonds is 7. The van der Waals surface area contributed by atoms with Crippen LogP contribution in [0.4, 0.5) is 18.9 Å². The minimum atomic E-state index is -4.86. The van der Waals surface area contributed by atoms with Gasteiger partial charge >= 0.3 is 6.18 Å². The molecule has 1 aromatic carbocycles. The van der Waals surface area contributed by atoms with E-state index < -0.39 is 44.5 Å². The van der Waals surface area contributed by atoms with E-state index in [1.165, 1.54) is 42.1 Å². The molecule has 0 fully saturated rings. The number of anilines is 1.